The van der Waals surface area contributed by atoms with Crippen LogP contribution < -0.4 is 5.43 Å². The zero-order chi connectivity index (χ0) is 19.5. The maximum absolute atomic E-state index is 12.9. The normalized spacial score (nSPS) is 13.4. The zero-order valence-corrected chi connectivity index (χ0v) is 14.9. The number of aromatic nitrogens is 2. The predicted octanol–water partition coefficient (Wildman–Crippen LogP) is 3.07. The lowest BCUT2D eigenvalue weighted by Crippen LogP contribution is -2.44. The van der Waals surface area contributed by atoms with Crippen LogP contribution in [0.3, 0.4) is 0 Å². The number of nitro groups is 1. The molecule has 10 heteroatoms. The van der Waals surface area contributed by atoms with Crippen LogP contribution >= 0.6 is 11.6 Å². The number of nitrogens with one attached hydrogen (secondary N) is 1. The fourth-order valence-electron chi connectivity index (χ4n) is 3.26. The number of aryl methyl sites for hydroxylation is 2. The van der Waals surface area contributed by atoms with Crippen molar-refractivity contribution in [2.24, 2.45) is 7.05 Å². The van der Waals surface area contributed by atoms with E-state index in [9.17, 15) is 19.7 Å². The van der Waals surface area contributed by atoms with Crippen LogP contribution in [0, 0.1) is 17.0 Å². The van der Waals surface area contributed by atoms with Crippen molar-refractivity contribution in [3.63, 3.8) is 0 Å². The molecule has 0 saturated heterocycles. The molecule has 136 valence electrons. The summed E-state index contributed by atoms with van der Waals surface area (Å²) in [5.74, 6) is -1.33. The summed E-state index contributed by atoms with van der Waals surface area (Å²) in [6.07, 6.45) is 0. The lowest BCUT2D eigenvalue weighted by molar-refractivity contribution is -0.384. The number of halogens is 1. The van der Waals surface area contributed by atoms with Crippen molar-refractivity contribution < 1.29 is 14.5 Å². The molecule has 4 rings (SSSR count). The molecule has 2 amide bonds. The largest absolute Gasteiger partial charge is 0.335 e. The third-order valence-electron chi connectivity index (χ3n) is 4.45. The molecule has 0 bridgehead atoms. The van der Waals surface area contributed by atoms with Crippen LogP contribution in [0.15, 0.2) is 30.3 Å². The fourth-order valence-corrected chi connectivity index (χ4v) is 3.48. The Bertz CT molecular complexity index is 1150. The van der Waals surface area contributed by atoms with Crippen LogP contribution in [-0.2, 0) is 7.05 Å². The third-order valence-corrected chi connectivity index (χ3v) is 4.77. The Hall–Kier alpha value is -3.46. The molecule has 1 aromatic heterocycles. The average Bonchev–Trinajstić information content (AvgIpc) is 2.91. The van der Waals surface area contributed by atoms with Gasteiger partial charge in [0.1, 0.15) is 5.69 Å². The summed E-state index contributed by atoms with van der Waals surface area (Å²) in [6.45, 7) is 1.47. The summed E-state index contributed by atoms with van der Waals surface area (Å²) in [7, 11) is 1.48. The first-order valence-corrected chi connectivity index (χ1v) is 8.23. The van der Waals surface area contributed by atoms with Gasteiger partial charge >= 0.3 is 5.69 Å². The first kappa shape index (κ1) is 17.0. The second kappa shape index (κ2) is 5.78. The average molecular weight is 386 g/mol. The lowest BCUT2D eigenvalue weighted by atomic mass is 9.95. The Kier molecular flexibility index (Phi) is 3.63. The van der Waals surface area contributed by atoms with Gasteiger partial charge in [-0.1, -0.05) is 23.7 Å². The highest BCUT2D eigenvalue weighted by Gasteiger charge is 2.36. The summed E-state index contributed by atoms with van der Waals surface area (Å²) in [5.41, 5.74) is 2.99. The minimum atomic E-state index is -0.631. The monoisotopic (exact) mass is 385 g/mol. The summed E-state index contributed by atoms with van der Waals surface area (Å²) < 4.78 is 1.21. The molecule has 3 aromatic rings. The van der Waals surface area contributed by atoms with Crippen molar-refractivity contribution in [2.75, 3.05) is 5.43 Å². The second-order valence-corrected chi connectivity index (χ2v) is 6.45. The highest BCUT2D eigenvalue weighted by Crippen LogP contribution is 2.35. The van der Waals surface area contributed by atoms with Gasteiger partial charge in [-0.25, -0.2) is 4.68 Å². The molecule has 2 heterocycles. The number of imide groups is 1. The number of nitrogens with zero attached hydrogens (tertiary/aromatic N) is 4. The Balaban J connectivity index is 1.86. The van der Waals surface area contributed by atoms with Crippen LogP contribution in [-0.4, -0.2) is 31.5 Å². The molecule has 1 aliphatic heterocycles. The first-order chi connectivity index (χ1) is 12.8. The van der Waals surface area contributed by atoms with Gasteiger partial charge < -0.3 is 0 Å². The molecule has 2 aromatic carbocycles. The van der Waals surface area contributed by atoms with Gasteiger partial charge in [-0.3, -0.25) is 25.1 Å². The highest BCUT2D eigenvalue weighted by molar-refractivity contribution is 6.38. The maximum atomic E-state index is 12.9. The number of rotatable bonds is 3. The van der Waals surface area contributed by atoms with Crippen LogP contribution in [0.4, 0.5) is 11.5 Å². The van der Waals surface area contributed by atoms with Crippen molar-refractivity contribution in [1.29, 1.82) is 0 Å². The van der Waals surface area contributed by atoms with Gasteiger partial charge in [0.25, 0.3) is 11.8 Å². The standard InChI is InChI=1S/C17H12ClN5O4/c1-8-14(23(26)27)15(21(2)19-8)20-22-16(24)10-5-3-4-9-12(18)7-6-11(13(9)10)17(22)25/h3-7,20H,1-2H3. The van der Waals surface area contributed by atoms with Crippen LogP contribution in [0.1, 0.15) is 26.4 Å². The van der Waals surface area contributed by atoms with Gasteiger partial charge in [0.15, 0.2) is 0 Å². The topological polar surface area (TPSA) is 110 Å². The van der Waals surface area contributed by atoms with E-state index in [0.717, 1.165) is 5.01 Å². The Morgan fingerprint density at radius 2 is 1.81 bits per heavy atom. The van der Waals surface area contributed by atoms with E-state index in [1.165, 1.54) is 24.7 Å². The van der Waals surface area contributed by atoms with Gasteiger partial charge in [-0.05, 0) is 25.1 Å². The maximum Gasteiger partial charge on any atom is 0.335 e. The Morgan fingerprint density at radius 3 is 2.48 bits per heavy atom. The molecule has 0 fully saturated rings. The van der Waals surface area contributed by atoms with E-state index in [1.807, 2.05) is 0 Å². The third kappa shape index (κ3) is 2.36. The van der Waals surface area contributed by atoms with Gasteiger partial charge in [0.05, 0.1) is 16.1 Å². The molecule has 0 spiro atoms. The summed E-state index contributed by atoms with van der Waals surface area (Å²) in [4.78, 5) is 36.6. The van der Waals surface area contributed by atoms with Gasteiger partial charge in [0, 0.05) is 22.8 Å². The Morgan fingerprint density at radius 1 is 1.15 bits per heavy atom. The zero-order valence-electron chi connectivity index (χ0n) is 14.2. The molecule has 9 nitrogen and oxygen atoms in total. The SMILES string of the molecule is Cc1nn(C)c(NN2C(=O)c3cccc4c(Cl)ccc(c34)C2=O)c1[N+](=O)[O-]. The van der Waals surface area contributed by atoms with Gasteiger partial charge in [-0.2, -0.15) is 10.1 Å². The van der Waals surface area contributed by atoms with E-state index in [2.05, 4.69) is 10.5 Å². The molecule has 1 aliphatic rings. The quantitative estimate of drug-likeness (QED) is 0.421. The van der Waals surface area contributed by atoms with Gasteiger partial charge in [0.2, 0.25) is 5.82 Å². The summed E-state index contributed by atoms with van der Waals surface area (Å²) in [6, 6.07) is 8.07. The number of hydrogen-bond acceptors (Lipinski definition) is 6. The van der Waals surface area contributed by atoms with Crippen molar-refractivity contribution >= 4 is 45.7 Å². The number of carbonyl (C=O) groups excluding carboxylic acids is 2. The van der Waals surface area contributed by atoms with E-state index < -0.39 is 16.7 Å². The van der Waals surface area contributed by atoms with E-state index in [-0.39, 0.29) is 28.3 Å². The van der Waals surface area contributed by atoms with Crippen LogP contribution in [0.2, 0.25) is 5.02 Å². The number of hydrogen-bond donors (Lipinski definition) is 1. The molecule has 0 saturated carbocycles. The number of amides is 2. The predicted molar refractivity (Wildman–Crippen MR) is 97.7 cm³/mol. The van der Waals surface area contributed by atoms with Crippen molar-refractivity contribution in [1.82, 2.24) is 14.8 Å². The van der Waals surface area contributed by atoms with E-state index >= 15 is 0 Å². The number of carbonyl (C=O) groups is 2. The number of benzene rings is 2. The second-order valence-electron chi connectivity index (χ2n) is 6.04. The number of hydrazine groups is 1. The molecule has 0 aliphatic carbocycles. The van der Waals surface area contributed by atoms with Gasteiger partial charge in [-0.15, -0.1) is 0 Å². The van der Waals surface area contributed by atoms with Crippen molar-refractivity contribution in [3.05, 3.63) is 62.3 Å². The molecule has 1 N–H and O–H groups in total. The van der Waals surface area contributed by atoms with E-state index in [0.29, 0.717) is 15.8 Å². The number of anilines is 1. The lowest BCUT2D eigenvalue weighted by Gasteiger charge is -2.27. The molecule has 27 heavy (non-hydrogen) atoms. The summed E-state index contributed by atoms with van der Waals surface area (Å²) >= 11 is 6.18. The minimum Gasteiger partial charge on any atom is -0.267 e. The molecule has 0 radical (unpaired) electrons. The first-order valence-electron chi connectivity index (χ1n) is 7.86. The Labute approximate surface area is 157 Å². The highest BCUT2D eigenvalue weighted by atomic mass is 35.5. The molecular weight excluding hydrogens is 374 g/mol. The van der Waals surface area contributed by atoms with E-state index in [4.69, 9.17) is 11.6 Å². The van der Waals surface area contributed by atoms with E-state index in [1.54, 1.807) is 24.3 Å². The van der Waals surface area contributed by atoms with Crippen molar-refractivity contribution in [2.45, 2.75) is 6.92 Å². The van der Waals surface area contributed by atoms with Crippen LogP contribution in [0.5, 0.6) is 0 Å². The molecule has 0 atom stereocenters. The molecular formula is C17H12ClN5O4. The summed E-state index contributed by atoms with van der Waals surface area (Å²) in [5, 5.41) is 17.6. The van der Waals surface area contributed by atoms with Crippen LogP contribution in [0.25, 0.3) is 10.8 Å². The smallest absolute Gasteiger partial charge is 0.267 e. The van der Waals surface area contributed by atoms with Crippen molar-refractivity contribution in [3.8, 4) is 0 Å². The molecule has 0 unspecified atom stereocenters. The fraction of sp³-hybridized carbons (Fsp3) is 0.118. The minimum absolute atomic E-state index is 0.0659.